The molecule has 0 bridgehead atoms. The van der Waals surface area contributed by atoms with Crippen LogP contribution in [0.3, 0.4) is 0 Å². The van der Waals surface area contributed by atoms with Crippen LogP contribution >= 0.6 is 0 Å². The van der Waals surface area contributed by atoms with E-state index in [2.05, 4.69) is 23.1 Å². The van der Waals surface area contributed by atoms with E-state index in [-0.39, 0.29) is 49.9 Å². The maximum atomic E-state index is 14.7. The molecular formula is C49H57N3O10. The number of methoxy groups -OCH3 is 2. The largest absolute Gasteiger partial charge is 0.497 e. The highest BCUT2D eigenvalue weighted by atomic mass is 16.7. The third-order valence-corrected chi connectivity index (χ3v) is 12.5. The number of aliphatic hydroxyl groups excluding tert-OH is 2. The number of amides is 2. The van der Waals surface area contributed by atoms with Crippen molar-refractivity contribution in [2.45, 2.75) is 62.7 Å². The molecule has 2 amide bonds. The van der Waals surface area contributed by atoms with E-state index >= 15 is 0 Å². The van der Waals surface area contributed by atoms with Gasteiger partial charge in [0.25, 0.3) is 5.91 Å². The number of nitrogens with zero attached hydrogens (tertiary/aromatic N) is 2. The number of carbonyl (C=O) groups excluding carboxylic acids is 2. The molecule has 2 aliphatic carbocycles. The minimum Gasteiger partial charge on any atom is -0.497 e. The fraction of sp³-hybridized carbons (Fsp3) is 0.408. The molecule has 4 aromatic rings. The van der Waals surface area contributed by atoms with Crippen LogP contribution in [0.25, 0.3) is 10.8 Å². The van der Waals surface area contributed by atoms with Crippen molar-refractivity contribution >= 4 is 34.2 Å². The lowest BCUT2D eigenvalue weighted by molar-refractivity contribution is -0.252. The molecule has 6 atom stereocenters. The average molecular weight is 848 g/mol. The first kappa shape index (κ1) is 44.2. The van der Waals surface area contributed by atoms with Gasteiger partial charge >= 0.3 is 6.09 Å². The smallest absolute Gasteiger partial charge is 0.417 e. The summed E-state index contributed by atoms with van der Waals surface area (Å²) in [6, 6.07) is 23.3. The normalized spacial score (nSPS) is 23.0. The van der Waals surface area contributed by atoms with Gasteiger partial charge in [0.1, 0.15) is 36.1 Å². The fourth-order valence-corrected chi connectivity index (χ4v) is 9.71. The zero-order valence-electron chi connectivity index (χ0n) is 35.9. The Labute approximate surface area is 362 Å². The van der Waals surface area contributed by atoms with Gasteiger partial charge in [-0.1, -0.05) is 60.5 Å². The number of ether oxygens (including phenoxy) is 5. The summed E-state index contributed by atoms with van der Waals surface area (Å²) in [5, 5.41) is 29.2. The van der Waals surface area contributed by atoms with E-state index in [0.29, 0.717) is 52.8 Å². The van der Waals surface area contributed by atoms with Gasteiger partial charge in [-0.2, -0.15) is 0 Å². The van der Waals surface area contributed by atoms with Crippen LogP contribution in [-0.4, -0.2) is 92.9 Å². The Bertz CT molecular complexity index is 2310. The van der Waals surface area contributed by atoms with E-state index in [0.717, 1.165) is 47.6 Å². The van der Waals surface area contributed by atoms with Gasteiger partial charge in [-0.3, -0.25) is 10.1 Å². The number of likely N-dealkylation sites (N-methyl/N-ethyl adjacent to an activating group) is 1. The molecule has 0 unspecified atom stereocenters. The Kier molecular flexibility index (Phi) is 14.2. The third-order valence-electron chi connectivity index (χ3n) is 12.5. The molecule has 4 aromatic carbocycles. The highest BCUT2D eigenvalue weighted by Gasteiger charge is 2.65. The summed E-state index contributed by atoms with van der Waals surface area (Å²) in [7, 11) is 6.35. The first-order valence-electron chi connectivity index (χ1n) is 21.3. The van der Waals surface area contributed by atoms with Crippen LogP contribution in [0.4, 0.5) is 10.5 Å². The SMILES string of the molecule is C=CCO[C@@]12Oc3ccc(OC(=O)Nc4ccc(OC)cc4OC)cc3[C@H]3[C@H](CCCCO)[C@@H](CCCCO)C=C(C(=NOC)C[C@@H]1N(C)C(=O)c1ccc4ccccc4c1)[C@H]32. The number of allylic oxidation sites excluding steroid dienone is 1. The van der Waals surface area contributed by atoms with Crippen molar-refractivity contribution in [1.29, 1.82) is 0 Å². The van der Waals surface area contributed by atoms with Gasteiger partial charge < -0.3 is 43.6 Å². The van der Waals surface area contributed by atoms with Crippen molar-refractivity contribution in [2.24, 2.45) is 22.9 Å². The highest BCUT2D eigenvalue weighted by Crippen LogP contribution is 2.62. The zero-order valence-corrected chi connectivity index (χ0v) is 35.9. The van der Waals surface area contributed by atoms with Crippen LogP contribution in [0.1, 0.15) is 66.8 Å². The summed E-state index contributed by atoms with van der Waals surface area (Å²) in [4.78, 5) is 35.5. The molecule has 1 saturated carbocycles. The molecule has 3 aliphatic rings. The van der Waals surface area contributed by atoms with Gasteiger partial charge in [0.15, 0.2) is 0 Å². The molecule has 1 aliphatic heterocycles. The van der Waals surface area contributed by atoms with E-state index in [9.17, 15) is 19.8 Å². The van der Waals surface area contributed by atoms with Crippen LogP contribution in [0, 0.1) is 17.8 Å². The molecule has 1 heterocycles. The number of hydrogen-bond donors (Lipinski definition) is 3. The molecule has 1 fully saturated rings. The van der Waals surface area contributed by atoms with Gasteiger partial charge in [-0.15, -0.1) is 6.58 Å². The summed E-state index contributed by atoms with van der Waals surface area (Å²) in [5.41, 5.74) is 3.31. The Balaban J connectivity index is 1.36. The highest BCUT2D eigenvalue weighted by molar-refractivity contribution is 6.04. The van der Waals surface area contributed by atoms with Crippen molar-refractivity contribution in [3.05, 3.63) is 114 Å². The molecule has 3 N–H and O–H groups in total. The molecule has 13 heteroatoms. The number of benzene rings is 4. The van der Waals surface area contributed by atoms with Gasteiger partial charge in [-0.25, -0.2) is 4.79 Å². The Morgan fingerprint density at radius 3 is 2.40 bits per heavy atom. The summed E-state index contributed by atoms with van der Waals surface area (Å²) >= 11 is 0. The van der Waals surface area contributed by atoms with Gasteiger partial charge in [-0.05, 0) is 96.3 Å². The third kappa shape index (κ3) is 8.88. The summed E-state index contributed by atoms with van der Waals surface area (Å²) in [6.45, 7) is 4.27. The van der Waals surface area contributed by atoms with E-state index in [1.165, 1.54) is 14.2 Å². The number of hydrogen-bond acceptors (Lipinski definition) is 11. The molecule has 0 aromatic heterocycles. The van der Waals surface area contributed by atoms with Crippen molar-refractivity contribution < 1.29 is 48.3 Å². The van der Waals surface area contributed by atoms with Gasteiger partial charge in [0.05, 0.1) is 38.1 Å². The minimum atomic E-state index is -1.43. The van der Waals surface area contributed by atoms with Crippen LogP contribution in [-0.2, 0) is 9.57 Å². The topological polar surface area (TPSA) is 158 Å². The number of oxime groups is 1. The number of aliphatic hydroxyl groups is 2. The average Bonchev–Trinajstić information content (AvgIpc) is 3.29. The number of fused-ring (bicyclic) bond motifs is 3. The first-order chi connectivity index (χ1) is 30.2. The van der Waals surface area contributed by atoms with Crippen molar-refractivity contribution in [3.8, 4) is 23.0 Å². The van der Waals surface area contributed by atoms with Crippen molar-refractivity contribution in [3.63, 3.8) is 0 Å². The van der Waals surface area contributed by atoms with Gasteiger partial charge in [0.2, 0.25) is 5.79 Å². The van der Waals surface area contributed by atoms with E-state index in [4.69, 9.17) is 28.5 Å². The zero-order chi connectivity index (χ0) is 43.8. The van der Waals surface area contributed by atoms with Crippen LogP contribution in [0.5, 0.6) is 23.0 Å². The van der Waals surface area contributed by atoms with E-state index in [1.807, 2.05) is 48.5 Å². The molecule has 0 radical (unpaired) electrons. The molecular weight excluding hydrogens is 791 g/mol. The van der Waals surface area contributed by atoms with E-state index < -0.39 is 23.8 Å². The Hall–Kier alpha value is -5.89. The predicted molar refractivity (Wildman–Crippen MR) is 237 cm³/mol. The van der Waals surface area contributed by atoms with Gasteiger partial charge in [0, 0.05) is 49.8 Å². The maximum absolute atomic E-state index is 14.7. The monoisotopic (exact) mass is 847 g/mol. The summed E-state index contributed by atoms with van der Waals surface area (Å²) in [5.74, 6) is -0.642. The fourth-order valence-electron chi connectivity index (χ4n) is 9.71. The number of unbranched alkanes of at least 4 members (excludes halogenated alkanes) is 2. The number of nitrogens with one attached hydrogen (secondary N) is 1. The lowest BCUT2D eigenvalue weighted by Gasteiger charge is -2.59. The second-order valence-electron chi connectivity index (χ2n) is 16.0. The number of carbonyl (C=O) groups is 2. The predicted octanol–water partition coefficient (Wildman–Crippen LogP) is 8.50. The molecule has 328 valence electrons. The molecule has 7 rings (SSSR count). The quantitative estimate of drug-likeness (QED) is 0.0504. The lowest BCUT2D eigenvalue weighted by Crippen LogP contribution is -2.69. The lowest BCUT2D eigenvalue weighted by atomic mass is 9.55. The standard InChI is InChI=1S/C49H57N3O10/c1-6-25-60-49-44(52(2)47(55)34-18-17-31-13-7-8-14-32(31)26-34)30-41(51-59-5)38-27-33(15-9-11-23-53)37(16-10-12-24-54)45(46(38)49)39-28-36(20-22-42(39)62-49)61-48(56)50-40-21-19-35(57-3)29-43(40)58-4/h6-8,13-14,17-22,26-29,33,37,44-46,53-54H,1,9-12,15-16,23-25,30H2,2-5H3,(H,50,56)/t33-,37+,44-,45+,46+,49+/m0/s1. The summed E-state index contributed by atoms with van der Waals surface area (Å²) < 4.78 is 31.0. The number of rotatable bonds is 18. The van der Waals surface area contributed by atoms with E-state index in [1.54, 1.807) is 55.5 Å². The van der Waals surface area contributed by atoms with Crippen molar-refractivity contribution in [2.75, 3.05) is 53.5 Å². The van der Waals surface area contributed by atoms with Crippen LogP contribution in [0.15, 0.2) is 108 Å². The summed E-state index contributed by atoms with van der Waals surface area (Å²) in [6.07, 6.45) is 7.86. The first-order valence-corrected chi connectivity index (χ1v) is 21.3. The number of anilines is 1. The van der Waals surface area contributed by atoms with Crippen LogP contribution in [0.2, 0.25) is 0 Å². The van der Waals surface area contributed by atoms with Crippen molar-refractivity contribution in [1.82, 2.24) is 4.90 Å². The second kappa shape index (κ2) is 19.9. The second-order valence-corrected chi connectivity index (χ2v) is 16.0. The minimum absolute atomic E-state index is 0.0139. The molecule has 62 heavy (non-hydrogen) atoms. The Morgan fingerprint density at radius 2 is 1.68 bits per heavy atom. The van der Waals surface area contributed by atoms with Crippen LogP contribution < -0.4 is 24.3 Å². The maximum Gasteiger partial charge on any atom is 0.417 e. The molecule has 13 nitrogen and oxygen atoms in total. The molecule has 0 saturated heterocycles. The molecule has 0 spiro atoms. The Morgan fingerprint density at radius 1 is 0.919 bits per heavy atom.